The Bertz CT molecular complexity index is 253. The lowest BCUT2D eigenvalue weighted by molar-refractivity contribution is -0.109. The van der Waals surface area contributed by atoms with Crippen molar-refractivity contribution in [1.82, 2.24) is 0 Å². The van der Waals surface area contributed by atoms with Gasteiger partial charge in [0.2, 0.25) is 5.83 Å². The highest BCUT2D eigenvalue weighted by atomic mass is 19.4. The fraction of sp³-hybridized carbons (Fsp3) is 0.333. The first-order valence-corrected chi connectivity index (χ1v) is 2.82. The van der Waals surface area contributed by atoms with Crippen LogP contribution in [0, 0.1) is 0 Å². The lowest BCUT2D eigenvalue weighted by Gasteiger charge is -2.05. The van der Waals surface area contributed by atoms with Crippen LogP contribution in [0.1, 0.15) is 6.92 Å². The molecule has 0 aromatic rings. The maximum Gasteiger partial charge on any atom is 0.443 e. The molecule has 0 nitrogen and oxygen atoms in total. The Morgan fingerprint density at radius 3 is 1.54 bits per heavy atom. The summed E-state index contributed by atoms with van der Waals surface area (Å²) in [5, 5.41) is 0. The molecule has 0 saturated heterocycles. The maximum atomic E-state index is 12.1. The van der Waals surface area contributed by atoms with E-state index in [9.17, 15) is 30.7 Å². The van der Waals surface area contributed by atoms with E-state index < -0.39 is 29.5 Å². The summed E-state index contributed by atoms with van der Waals surface area (Å²) in [7, 11) is 0. The van der Waals surface area contributed by atoms with Crippen LogP contribution < -0.4 is 0 Å². The minimum atomic E-state index is -5.45. The van der Waals surface area contributed by atoms with E-state index in [1.165, 1.54) is 0 Å². The van der Waals surface area contributed by atoms with Gasteiger partial charge in [-0.15, -0.1) is 0 Å². The first kappa shape index (κ1) is 12.0. The van der Waals surface area contributed by atoms with Crippen LogP contribution in [0.5, 0.6) is 0 Å². The van der Waals surface area contributed by atoms with Crippen LogP contribution in [0.15, 0.2) is 23.3 Å². The number of rotatable bonds is 1. The van der Waals surface area contributed by atoms with E-state index in [1.54, 1.807) is 0 Å². The summed E-state index contributed by atoms with van der Waals surface area (Å²) in [5.41, 5.74) is -1.76. The van der Waals surface area contributed by atoms with E-state index in [-0.39, 0.29) is 6.92 Å². The number of hydrogen-bond donors (Lipinski definition) is 0. The van der Waals surface area contributed by atoms with Crippen molar-refractivity contribution in [1.29, 1.82) is 0 Å². The van der Waals surface area contributed by atoms with E-state index in [2.05, 4.69) is 0 Å². The van der Waals surface area contributed by atoms with Crippen molar-refractivity contribution in [2.75, 3.05) is 0 Å². The smallest absolute Gasteiger partial charge is 0.201 e. The Kier molecular flexibility index (Phi) is 3.50. The van der Waals surface area contributed by atoms with Gasteiger partial charge in [-0.2, -0.15) is 22.0 Å². The first-order chi connectivity index (χ1) is 5.68. The van der Waals surface area contributed by atoms with Gasteiger partial charge >= 0.3 is 12.3 Å². The van der Waals surface area contributed by atoms with Crippen molar-refractivity contribution in [3.63, 3.8) is 0 Å². The van der Waals surface area contributed by atoms with Crippen LogP contribution in [-0.2, 0) is 0 Å². The van der Waals surface area contributed by atoms with Gasteiger partial charge in [0.15, 0.2) is 5.83 Å². The van der Waals surface area contributed by atoms with E-state index in [0.717, 1.165) is 0 Å². The molecule has 0 unspecified atom stereocenters. The summed E-state index contributed by atoms with van der Waals surface area (Å²) in [5.74, 6) is -5.35. The monoisotopic (exact) mass is 208 g/mol. The number of halogens is 7. The van der Waals surface area contributed by atoms with E-state index >= 15 is 0 Å². The van der Waals surface area contributed by atoms with Gasteiger partial charge in [-0.1, -0.05) is 0 Å². The molecule has 13 heavy (non-hydrogen) atoms. The van der Waals surface area contributed by atoms with Crippen LogP contribution in [0.3, 0.4) is 0 Å². The highest BCUT2D eigenvalue weighted by Gasteiger charge is 2.37. The van der Waals surface area contributed by atoms with Gasteiger partial charge in [-0.3, -0.25) is 0 Å². The normalized spacial score (nSPS) is 13.8. The molecule has 76 valence electrons. The SMILES string of the molecule is C/C(C(F)=C(F)F)=C(/F)C(F)(F)F. The second kappa shape index (κ2) is 3.80. The highest BCUT2D eigenvalue weighted by Crippen LogP contribution is 2.33. The van der Waals surface area contributed by atoms with Gasteiger partial charge in [0.25, 0.3) is 0 Å². The average molecular weight is 208 g/mol. The molecular weight excluding hydrogens is 205 g/mol. The second-order valence-corrected chi connectivity index (χ2v) is 2.01. The molecule has 0 aliphatic carbocycles. The molecule has 0 bridgehead atoms. The van der Waals surface area contributed by atoms with Gasteiger partial charge < -0.3 is 0 Å². The van der Waals surface area contributed by atoms with Gasteiger partial charge in [-0.25, -0.2) is 8.78 Å². The van der Waals surface area contributed by atoms with E-state index in [1.807, 2.05) is 0 Å². The quantitative estimate of drug-likeness (QED) is 0.453. The topological polar surface area (TPSA) is 0 Å². The first-order valence-electron chi connectivity index (χ1n) is 2.82. The van der Waals surface area contributed by atoms with Crippen molar-refractivity contribution in [2.24, 2.45) is 0 Å². The molecular formula is C6H3F7. The fourth-order valence-corrected chi connectivity index (χ4v) is 0.451. The Morgan fingerprint density at radius 1 is 0.923 bits per heavy atom. The molecule has 0 aromatic carbocycles. The molecule has 7 heteroatoms. The van der Waals surface area contributed by atoms with Crippen LogP contribution in [0.4, 0.5) is 30.7 Å². The zero-order chi connectivity index (χ0) is 10.8. The summed E-state index contributed by atoms with van der Waals surface area (Å²) in [6.45, 7) is 0.275. The molecule has 0 heterocycles. The number of alkyl halides is 3. The molecule has 0 spiro atoms. The molecule has 0 aliphatic rings. The Hall–Kier alpha value is -1.01. The summed E-state index contributed by atoms with van der Waals surface area (Å²) in [6.07, 6.45) is -8.44. The molecule has 0 N–H and O–H groups in total. The Morgan fingerprint density at radius 2 is 1.31 bits per heavy atom. The Balaban J connectivity index is 5.18. The van der Waals surface area contributed by atoms with Gasteiger partial charge in [0.05, 0.1) is 0 Å². The summed E-state index contributed by atoms with van der Waals surface area (Å²) in [4.78, 5) is 0. The van der Waals surface area contributed by atoms with Crippen molar-refractivity contribution < 1.29 is 30.7 Å². The number of hydrogen-bond acceptors (Lipinski definition) is 0. The van der Waals surface area contributed by atoms with E-state index in [0.29, 0.717) is 0 Å². The summed E-state index contributed by atoms with van der Waals surface area (Å²) in [6, 6.07) is 0. The fourth-order valence-electron chi connectivity index (χ4n) is 0.451. The molecule has 0 saturated carbocycles. The zero-order valence-corrected chi connectivity index (χ0v) is 6.15. The van der Waals surface area contributed by atoms with Gasteiger partial charge in [0.1, 0.15) is 0 Å². The van der Waals surface area contributed by atoms with Crippen LogP contribution in [0.2, 0.25) is 0 Å². The molecule has 0 fully saturated rings. The summed E-state index contributed by atoms with van der Waals surface area (Å²) >= 11 is 0. The lowest BCUT2D eigenvalue weighted by Crippen LogP contribution is -2.10. The third kappa shape index (κ3) is 3.08. The van der Waals surface area contributed by atoms with Crippen LogP contribution in [0.25, 0.3) is 0 Å². The number of allylic oxidation sites excluding steroid dienone is 3. The predicted molar refractivity (Wildman–Crippen MR) is 30.2 cm³/mol. The van der Waals surface area contributed by atoms with Gasteiger partial charge in [0, 0.05) is 5.57 Å². The largest absolute Gasteiger partial charge is 0.443 e. The lowest BCUT2D eigenvalue weighted by atomic mass is 10.2. The van der Waals surface area contributed by atoms with Gasteiger partial charge in [-0.05, 0) is 6.92 Å². The third-order valence-corrected chi connectivity index (χ3v) is 1.07. The maximum absolute atomic E-state index is 12.1. The zero-order valence-electron chi connectivity index (χ0n) is 6.15. The molecule has 0 amide bonds. The molecule has 0 atom stereocenters. The third-order valence-electron chi connectivity index (χ3n) is 1.07. The van der Waals surface area contributed by atoms with Crippen molar-refractivity contribution in [3.8, 4) is 0 Å². The predicted octanol–water partition coefficient (Wildman–Crippen LogP) is 3.87. The van der Waals surface area contributed by atoms with Crippen molar-refractivity contribution >= 4 is 0 Å². The second-order valence-electron chi connectivity index (χ2n) is 2.01. The standard InChI is InChI=1S/C6H3F7/c1-2(3(7)5(9)10)4(8)6(11,12)13/h1H3/b4-2-. The summed E-state index contributed by atoms with van der Waals surface area (Å²) < 4.78 is 81.2. The van der Waals surface area contributed by atoms with Crippen molar-refractivity contribution in [2.45, 2.75) is 13.1 Å². The van der Waals surface area contributed by atoms with Crippen LogP contribution >= 0.6 is 0 Å². The molecule has 0 aliphatic heterocycles. The molecule has 0 radical (unpaired) electrons. The molecule has 0 aromatic heterocycles. The average Bonchev–Trinajstić information content (AvgIpc) is 1.98. The minimum absolute atomic E-state index is 0.275. The minimum Gasteiger partial charge on any atom is -0.201 e. The van der Waals surface area contributed by atoms with E-state index in [4.69, 9.17) is 0 Å². The Labute approximate surface area is 68.3 Å². The molecule has 0 rings (SSSR count). The van der Waals surface area contributed by atoms with Crippen LogP contribution in [-0.4, -0.2) is 6.18 Å². The highest BCUT2D eigenvalue weighted by molar-refractivity contribution is 5.28. The van der Waals surface area contributed by atoms with Crippen molar-refractivity contribution in [3.05, 3.63) is 23.3 Å².